The van der Waals surface area contributed by atoms with Crippen LogP contribution in [0, 0.1) is 0 Å². The van der Waals surface area contributed by atoms with Gasteiger partial charge < -0.3 is 14.5 Å². The number of carbonyl (C=O) groups excluding carboxylic acids is 1. The topological polar surface area (TPSA) is 32.8 Å². The molecule has 214 valence electrons. The maximum Gasteiger partial charge on any atom is 0.410 e. The van der Waals surface area contributed by atoms with Crippen LogP contribution in [0.1, 0.15) is 149 Å². The summed E-state index contributed by atoms with van der Waals surface area (Å²) in [6, 6.07) is 0. The molecule has 0 saturated carbocycles. The van der Waals surface area contributed by atoms with Crippen LogP contribution in [-0.2, 0) is 4.74 Å². The van der Waals surface area contributed by atoms with Crippen molar-refractivity contribution < 1.29 is 9.53 Å². The van der Waals surface area contributed by atoms with Crippen molar-refractivity contribution in [1.82, 2.24) is 9.80 Å². The van der Waals surface area contributed by atoms with Gasteiger partial charge in [0.05, 0.1) is 0 Å². The molecule has 0 aliphatic rings. The highest BCUT2D eigenvalue weighted by Crippen LogP contribution is 2.18. The largest absolute Gasteiger partial charge is 0.446 e. The van der Waals surface area contributed by atoms with Gasteiger partial charge in [-0.25, -0.2) is 4.79 Å². The molecule has 4 nitrogen and oxygen atoms in total. The second-order valence-electron chi connectivity index (χ2n) is 11.1. The first-order chi connectivity index (χ1) is 17.5. The van der Waals surface area contributed by atoms with E-state index in [0.29, 0.717) is 0 Å². The second kappa shape index (κ2) is 27.0. The van der Waals surface area contributed by atoms with Gasteiger partial charge in [-0.3, -0.25) is 0 Å². The van der Waals surface area contributed by atoms with Gasteiger partial charge in [0.15, 0.2) is 0 Å². The quantitative estimate of drug-likeness (QED) is 0.0817. The summed E-state index contributed by atoms with van der Waals surface area (Å²) in [6.45, 7) is 11.0. The molecule has 0 saturated heterocycles. The molecule has 0 fully saturated rings. The molecule has 36 heavy (non-hydrogen) atoms. The highest BCUT2D eigenvalue weighted by atomic mass is 16.6. The van der Waals surface area contributed by atoms with Gasteiger partial charge in [-0.15, -0.1) is 6.58 Å². The first kappa shape index (κ1) is 35.0. The Morgan fingerprint density at radius 2 is 1.14 bits per heavy atom. The summed E-state index contributed by atoms with van der Waals surface area (Å²) in [6.07, 6.45) is 27.7. The van der Waals surface area contributed by atoms with Gasteiger partial charge in [0, 0.05) is 13.1 Å². The monoisotopic (exact) mass is 508 g/mol. The van der Waals surface area contributed by atoms with Crippen LogP contribution in [0.3, 0.4) is 0 Å². The average Bonchev–Trinajstić information content (AvgIpc) is 2.85. The smallest absolute Gasteiger partial charge is 0.410 e. The SMILES string of the molecule is C=CCCCCCCCCN(CCCN(C)C)C(=O)OC(CCCCCCC)CCCCCCCC. The molecular weight excluding hydrogens is 444 g/mol. The van der Waals surface area contributed by atoms with Crippen LogP contribution in [0.25, 0.3) is 0 Å². The van der Waals surface area contributed by atoms with Crippen LogP contribution in [0.2, 0.25) is 0 Å². The standard InChI is InChI=1S/C32H64N2O2/c1-6-9-12-15-17-18-21-24-29-34(30-25-28-33(4)5)32(35)36-31(26-22-19-14-11-8-3)27-23-20-16-13-10-7-2/h6,31H,1,7-30H2,2-5H3. The van der Waals surface area contributed by atoms with E-state index in [1.165, 1.54) is 103 Å². The lowest BCUT2D eigenvalue weighted by Gasteiger charge is -2.26. The van der Waals surface area contributed by atoms with Crippen molar-refractivity contribution in [2.75, 3.05) is 33.7 Å². The molecule has 1 unspecified atom stereocenters. The summed E-state index contributed by atoms with van der Waals surface area (Å²) in [7, 11) is 4.20. The molecule has 0 aromatic rings. The van der Waals surface area contributed by atoms with E-state index in [4.69, 9.17) is 4.74 Å². The van der Waals surface area contributed by atoms with Crippen LogP contribution in [-0.4, -0.2) is 55.7 Å². The molecular formula is C32H64N2O2. The summed E-state index contributed by atoms with van der Waals surface area (Å²) in [5.74, 6) is 0. The zero-order valence-electron chi connectivity index (χ0n) is 25.0. The highest BCUT2D eigenvalue weighted by Gasteiger charge is 2.20. The number of rotatable bonds is 27. The Morgan fingerprint density at radius 3 is 1.67 bits per heavy atom. The third-order valence-corrected chi connectivity index (χ3v) is 7.15. The normalized spacial score (nSPS) is 12.1. The highest BCUT2D eigenvalue weighted by molar-refractivity contribution is 5.67. The van der Waals surface area contributed by atoms with E-state index in [9.17, 15) is 4.79 Å². The zero-order chi connectivity index (χ0) is 26.7. The number of ether oxygens (including phenoxy) is 1. The van der Waals surface area contributed by atoms with E-state index in [0.717, 1.165) is 51.7 Å². The molecule has 0 heterocycles. The van der Waals surface area contributed by atoms with Crippen LogP contribution < -0.4 is 0 Å². The Bertz CT molecular complexity index is 481. The lowest BCUT2D eigenvalue weighted by Crippen LogP contribution is -2.37. The molecule has 0 bridgehead atoms. The van der Waals surface area contributed by atoms with Crippen molar-refractivity contribution in [2.24, 2.45) is 0 Å². The number of nitrogens with zero attached hydrogens (tertiary/aromatic N) is 2. The van der Waals surface area contributed by atoms with Crippen molar-refractivity contribution in [3.63, 3.8) is 0 Å². The first-order valence-corrected chi connectivity index (χ1v) is 15.8. The maximum atomic E-state index is 13.3. The van der Waals surface area contributed by atoms with Crippen molar-refractivity contribution in [2.45, 2.75) is 155 Å². The molecule has 0 N–H and O–H groups in total. The summed E-state index contributed by atoms with van der Waals surface area (Å²) < 4.78 is 6.19. The predicted molar refractivity (Wildman–Crippen MR) is 159 cm³/mol. The summed E-state index contributed by atoms with van der Waals surface area (Å²) in [5, 5.41) is 0. The lowest BCUT2D eigenvalue weighted by molar-refractivity contribution is 0.0513. The number of unbranched alkanes of at least 4 members (excludes halogenated alkanes) is 15. The number of hydrogen-bond acceptors (Lipinski definition) is 3. The van der Waals surface area contributed by atoms with Crippen LogP contribution in [0.5, 0.6) is 0 Å². The van der Waals surface area contributed by atoms with E-state index < -0.39 is 0 Å². The molecule has 1 atom stereocenters. The fourth-order valence-electron chi connectivity index (χ4n) is 4.78. The van der Waals surface area contributed by atoms with E-state index >= 15 is 0 Å². The Kier molecular flexibility index (Phi) is 26.2. The van der Waals surface area contributed by atoms with Gasteiger partial charge in [0.1, 0.15) is 6.10 Å². The Morgan fingerprint density at radius 1 is 0.667 bits per heavy atom. The Hall–Kier alpha value is -1.03. The number of allylic oxidation sites excluding steroid dienone is 1. The Balaban J connectivity index is 4.68. The molecule has 0 aliphatic carbocycles. The van der Waals surface area contributed by atoms with Gasteiger partial charge in [0.25, 0.3) is 0 Å². The minimum atomic E-state index is -0.0655. The van der Waals surface area contributed by atoms with Gasteiger partial charge in [-0.05, 0) is 72.0 Å². The second-order valence-corrected chi connectivity index (χ2v) is 11.1. The summed E-state index contributed by atoms with van der Waals surface area (Å²) in [4.78, 5) is 17.5. The summed E-state index contributed by atoms with van der Waals surface area (Å²) in [5.41, 5.74) is 0. The Labute approximate surface area is 226 Å². The molecule has 0 aromatic heterocycles. The number of carbonyl (C=O) groups is 1. The third kappa shape index (κ3) is 23.4. The van der Waals surface area contributed by atoms with Crippen molar-refractivity contribution in [1.29, 1.82) is 0 Å². The molecule has 0 radical (unpaired) electrons. The van der Waals surface area contributed by atoms with Crippen molar-refractivity contribution in [3.8, 4) is 0 Å². The van der Waals surface area contributed by atoms with Crippen molar-refractivity contribution in [3.05, 3.63) is 12.7 Å². The lowest BCUT2D eigenvalue weighted by atomic mass is 10.0. The molecule has 0 spiro atoms. The van der Waals surface area contributed by atoms with Gasteiger partial charge in [-0.1, -0.05) is 103 Å². The molecule has 4 heteroatoms. The fourth-order valence-corrected chi connectivity index (χ4v) is 4.78. The fraction of sp³-hybridized carbons (Fsp3) is 0.906. The van der Waals surface area contributed by atoms with Crippen molar-refractivity contribution >= 4 is 6.09 Å². The van der Waals surface area contributed by atoms with Crippen LogP contribution >= 0.6 is 0 Å². The van der Waals surface area contributed by atoms with E-state index in [-0.39, 0.29) is 12.2 Å². The predicted octanol–water partition coefficient (Wildman–Crippen LogP) is 9.77. The number of amides is 1. The average molecular weight is 509 g/mol. The molecule has 0 rings (SSSR count). The third-order valence-electron chi connectivity index (χ3n) is 7.15. The minimum Gasteiger partial charge on any atom is -0.446 e. The minimum absolute atomic E-state index is 0.0655. The van der Waals surface area contributed by atoms with Gasteiger partial charge >= 0.3 is 6.09 Å². The summed E-state index contributed by atoms with van der Waals surface area (Å²) >= 11 is 0. The number of hydrogen-bond donors (Lipinski definition) is 0. The van der Waals surface area contributed by atoms with E-state index in [1.54, 1.807) is 0 Å². The van der Waals surface area contributed by atoms with Gasteiger partial charge in [-0.2, -0.15) is 0 Å². The van der Waals surface area contributed by atoms with E-state index in [1.807, 2.05) is 11.0 Å². The van der Waals surface area contributed by atoms with Crippen LogP contribution in [0.4, 0.5) is 4.79 Å². The van der Waals surface area contributed by atoms with E-state index in [2.05, 4.69) is 39.4 Å². The maximum absolute atomic E-state index is 13.3. The molecule has 0 aromatic carbocycles. The van der Waals surface area contributed by atoms with Gasteiger partial charge in [0.2, 0.25) is 0 Å². The molecule has 0 aliphatic heterocycles. The molecule has 1 amide bonds. The first-order valence-electron chi connectivity index (χ1n) is 15.8. The zero-order valence-corrected chi connectivity index (χ0v) is 25.0. The van der Waals surface area contributed by atoms with Crippen LogP contribution in [0.15, 0.2) is 12.7 Å².